The molecule has 2 aromatic heterocycles. The van der Waals surface area contributed by atoms with E-state index in [2.05, 4.69) is 105 Å². The molecule has 1 N–H and O–H groups in total. The van der Waals surface area contributed by atoms with Gasteiger partial charge in [-0.25, -0.2) is 9.97 Å². The zero-order valence-corrected chi connectivity index (χ0v) is 23.9. The first-order valence-corrected chi connectivity index (χ1v) is 14.5. The minimum atomic E-state index is 0.401. The van der Waals surface area contributed by atoms with Crippen LogP contribution in [0.2, 0.25) is 0 Å². The number of piperazine rings is 1. The van der Waals surface area contributed by atoms with Gasteiger partial charge in [0.2, 0.25) is 5.95 Å². The summed E-state index contributed by atoms with van der Waals surface area (Å²) in [5.41, 5.74) is 7.54. The van der Waals surface area contributed by atoms with Crippen molar-refractivity contribution in [3.63, 3.8) is 0 Å². The molecule has 6 rings (SSSR count). The van der Waals surface area contributed by atoms with Gasteiger partial charge in [0.15, 0.2) is 0 Å². The second-order valence-corrected chi connectivity index (χ2v) is 11.4. The van der Waals surface area contributed by atoms with Gasteiger partial charge in [-0.15, -0.1) is 0 Å². The second-order valence-electron chi connectivity index (χ2n) is 11.4. The van der Waals surface area contributed by atoms with Crippen molar-refractivity contribution in [3.05, 3.63) is 78.1 Å². The van der Waals surface area contributed by atoms with E-state index in [1.54, 1.807) is 0 Å². The number of hydrogen-bond donors (Lipinski definition) is 1. The van der Waals surface area contributed by atoms with Crippen LogP contribution in [-0.2, 0) is 6.54 Å². The molecule has 40 heavy (non-hydrogen) atoms. The summed E-state index contributed by atoms with van der Waals surface area (Å²) in [5.74, 6) is 0.589. The number of aromatic nitrogens is 4. The molecule has 0 amide bonds. The normalized spacial score (nSPS) is 17.8. The molecule has 0 spiro atoms. The third kappa shape index (κ3) is 6.25. The van der Waals surface area contributed by atoms with Crippen molar-refractivity contribution in [1.82, 2.24) is 34.4 Å². The number of aryl methyl sites for hydroxylation is 1. The van der Waals surface area contributed by atoms with E-state index in [1.807, 2.05) is 12.3 Å². The fourth-order valence-corrected chi connectivity index (χ4v) is 5.61. The van der Waals surface area contributed by atoms with Crippen LogP contribution in [0.3, 0.4) is 0 Å². The highest BCUT2D eigenvalue weighted by atomic mass is 15.3. The quantitative estimate of drug-likeness (QED) is 0.354. The summed E-state index contributed by atoms with van der Waals surface area (Å²) in [5, 5.41) is 8.54. The lowest BCUT2D eigenvalue weighted by Crippen LogP contribution is -2.43. The third-order valence-electron chi connectivity index (χ3n) is 8.26. The summed E-state index contributed by atoms with van der Waals surface area (Å²) >= 11 is 0. The first-order valence-electron chi connectivity index (χ1n) is 14.5. The number of nitrogens with one attached hydrogen (secondary N) is 1. The van der Waals surface area contributed by atoms with E-state index < -0.39 is 0 Å². The predicted octanol–water partition coefficient (Wildman–Crippen LogP) is 5.07. The van der Waals surface area contributed by atoms with Crippen LogP contribution in [-0.4, -0.2) is 87.8 Å². The Bertz CT molecular complexity index is 1400. The highest BCUT2D eigenvalue weighted by Crippen LogP contribution is 2.33. The molecule has 2 aliphatic rings. The van der Waals surface area contributed by atoms with Gasteiger partial charge < -0.3 is 15.1 Å². The predicted molar refractivity (Wildman–Crippen MR) is 162 cm³/mol. The van der Waals surface area contributed by atoms with Gasteiger partial charge in [0.25, 0.3) is 0 Å². The van der Waals surface area contributed by atoms with E-state index in [9.17, 15) is 0 Å². The first kappa shape index (κ1) is 26.6. The van der Waals surface area contributed by atoms with Crippen molar-refractivity contribution >= 4 is 11.6 Å². The molecular formula is C32H40N8. The molecule has 0 saturated carbocycles. The molecule has 0 unspecified atom stereocenters. The summed E-state index contributed by atoms with van der Waals surface area (Å²) < 4.78 is 2.17. The first-order chi connectivity index (χ1) is 19.5. The molecule has 208 valence electrons. The van der Waals surface area contributed by atoms with Gasteiger partial charge in [-0.2, -0.15) is 5.10 Å². The maximum absolute atomic E-state index is 5.12. The summed E-state index contributed by atoms with van der Waals surface area (Å²) in [7, 11) is 4.39. The molecule has 2 fully saturated rings. The number of likely N-dealkylation sites (tertiary alicyclic amines) is 1. The summed E-state index contributed by atoms with van der Waals surface area (Å²) in [6.07, 6.45) is 6.22. The lowest BCUT2D eigenvalue weighted by atomic mass is 10.0. The number of piperidine rings is 1. The molecule has 8 heteroatoms. The minimum absolute atomic E-state index is 0.401. The number of nitrogens with zero attached hydrogens (tertiary/aromatic N) is 7. The Labute approximate surface area is 237 Å². The van der Waals surface area contributed by atoms with Crippen LogP contribution in [0, 0.1) is 6.92 Å². The van der Waals surface area contributed by atoms with Gasteiger partial charge in [0, 0.05) is 61.9 Å². The van der Waals surface area contributed by atoms with Crippen LogP contribution in [0.1, 0.15) is 30.0 Å². The van der Waals surface area contributed by atoms with E-state index in [4.69, 9.17) is 10.1 Å². The molecule has 4 aromatic rings. The largest absolute Gasteiger partial charge is 0.324 e. The summed E-state index contributed by atoms with van der Waals surface area (Å²) in [4.78, 5) is 16.8. The van der Waals surface area contributed by atoms with Gasteiger partial charge in [-0.3, -0.25) is 9.58 Å². The Morgan fingerprint density at radius 3 is 2.25 bits per heavy atom. The molecule has 2 saturated heterocycles. The molecule has 0 aliphatic carbocycles. The number of likely N-dealkylation sites (N-methyl/N-ethyl adjacent to an activating group) is 1. The van der Waals surface area contributed by atoms with Gasteiger partial charge >= 0.3 is 0 Å². The zero-order valence-electron chi connectivity index (χ0n) is 23.9. The Hall–Kier alpha value is -3.59. The number of anilines is 2. The molecule has 2 aromatic carbocycles. The smallest absolute Gasteiger partial charge is 0.227 e. The van der Waals surface area contributed by atoms with E-state index in [0.717, 1.165) is 86.9 Å². The minimum Gasteiger partial charge on any atom is -0.324 e. The molecule has 0 radical (unpaired) electrons. The van der Waals surface area contributed by atoms with Crippen LogP contribution in [0.15, 0.2) is 67.0 Å². The molecule has 4 heterocycles. The fraction of sp³-hybridized carbons (Fsp3) is 0.406. The van der Waals surface area contributed by atoms with Crippen LogP contribution in [0.25, 0.3) is 22.5 Å². The molecule has 0 atom stereocenters. The Morgan fingerprint density at radius 1 is 0.825 bits per heavy atom. The molecule has 0 bridgehead atoms. The average Bonchev–Trinajstić information content (AvgIpc) is 3.42. The van der Waals surface area contributed by atoms with Crippen LogP contribution < -0.4 is 5.32 Å². The van der Waals surface area contributed by atoms with Crippen LogP contribution >= 0.6 is 0 Å². The zero-order chi connectivity index (χ0) is 27.5. The maximum Gasteiger partial charge on any atom is 0.227 e. The van der Waals surface area contributed by atoms with Crippen molar-refractivity contribution in [2.24, 2.45) is 0 Å². The molecule has 8 nitrogen and oxygen atoms in total. The second kappa shape index (κ2) is 11.9. The van der Waals surface area contributed by atoms with Gasteiger partial charge in [-0.1, -0.05) is 42.0 Å². The monoisotopic (exact) mass is 536 g/mol. The average molecular weight is 537 g/mol. The van der Waals surface area contributed by atoms with Crippen LogP contribution in [0.5, 0.6) is 0 Å². The highest BCUT2D eigenvalue weighted by molar-refractivity contribution is 5.79. The SMILES string of the molecule is Cc1ccc(-c2nn(C3CCN(C)CC3)cc2-c2ccnc(Nc3ccc(CN4CCN(C)CC4)cc3)n2)cc1. The number of hydrogen-bond acceptors (Lipinski definition) is 7. The van der Waals surface area contributed by atoms with Crippen molar-refractivity contribution in [2.45, 2.75) is 32.4 Å². The van der Waals surface area contributed by atoms with E-state index in [-0.39, 0.29) is 0 Å². The van der Waals surface area contributed by atoms with Gasteiger partial charge in [0.05, 0.1) is 11.7 Å². The summed E-state index contributed by atoms with van der Waals surface area (Å²) in [6.45, 7) is 9.80. The van der Waals surface area contributed by atoms with E-state index in [1.165, 1.54) is 11.1 Å². The third-order valence-corrected chi connectivity index (χ3v) is 8.26. The molecule has 2 aliphatic heterocycles. The number of benzene rings is 2. The van der Waals surface area contributed by atoms with Gasteiger partial charge in [-0.05, 0) is 70.7 Å². The van der Waals surface area contributed by atoms with Crippen molar-refractivity contribution in [2.75, 3.05) is 58.7 Å². The maximum atomic E-state index is 5.12. The highest BCUT2D eigenvalue weighted by Gasteiger charge is 2.23. The van der Waals surface area contributed by atoms with Gasteiger partial charge in [0.1, 0.15) is 5.69 Å². The van der Waals surface area contributed by atoms with E-state index >= 15 is 0 Å². The Kier molecular flexibility index (Phi) is 7.91. The van der Waals surface area contributed by atoms with Crippen LogP contribution in [0.4, 0.5) is 11.6 Å². The van der Waals surface area contributed by atoms with Crippen molar-refractivity contribution in [3.8, 4) is 22.5 Å². The summed E-state index contributed by atoms with van der Waals surface area (Å²) in [6, 6.07) is 19.6. The molecular weight excluding hydrogens is 496 g/mol. The lowest BCUT2D eigenvalue weighted by molar-refractivity contribution is 0.148. The number of rotatable bonds is 7. The van der Waals surface area contributed by atoms with Crippen molar-refractivity contribution in [1.29, 1.82) is 0 Å². The Balaban J connectivity index is 1.22. The standard InChI is InChI=1S/C32H40N8/c1-24-4-8-26(9-5-24)31-29(23-40(36-31)28-13-16-37(2)17-14-28)30-12-15-33-32(35-30)34-27-10-6-25(7-11-27)22-39-20-18-38(3)19-21-39/h4-12,15,23,28H,13-14,16-22H2,1-3H3,(H,33,34,35). The van der Waals surface area contributed by atoms with E-state index in [0.29, 0.717) is 12.0 Å². The van der Waals surface area contributed by atoms with Crippen molar-refractivity contribution < 1.29 is 0 Å². The lowest BCUT2D eigenvalue weighted by Gasteiger charge is -2.32. The topological polar surface area (TPSA) is 65.4 Å². The Morgan fingerprint density at radius 2 is 1.52 bits per heavy atom. The fourth-order valence-electron chi connectivity index (χ4n) is 5.61.